The second-order valence-corrected chi connectivity index (χ2v) is 6.27. The van der Waals surface area contributed by atoms with Crippen molar-refractivity contribution in [2.45, 2.75) is 32.6 Å². The van der Waals surface area contributed by atoms with E-state index in [2.05, 4.69) is 35.3 Å². The highest BCUT2D eigenvalue weighted by atomic mass is 32.1. The number of benzene rings is 1. The lowest BCUT2D eigenvalue weighted by Crippen LogP contribution is -2.01. The van der Waals surface area contributed by atoms with E-state index in [0.29, 0.717) is 4.77 Å². The molecule has 4 rings (SSSR count). The van der Waals surface area contributed by atoms with Crippen molar-refractivity contribution in [2.75, 3.05) is 0 Å². The van der Waals surface area contributed by atoms with Gasteiger partial charge in [-0.1, -0.05) is 13.0 Å². The zero-order valence-electron chi connectivity index (χ0n) is 12.8. The van der Waals surface area contributed by atoms with Crippen molar-refractivity contribution in [3.05, 3.63) is 39.8 Å². The lowest BCUT2D eigenvalue weighted by Gasteiger charge is -2.12. The van der Waals surface area contributed by atoms with Crippen molar-refractivity contribution in [1.29, 1.82) is 0 Å². The van der Waals surface area contributed by atoms with Crippen molar-refractivity contribution < 1.29 is 0 Å². The van der Waals surface area contributed by atoms with Gasteiger partial charge in [-0.2, -0.15) is 5.10 Å². The molecule has 0 amide bonds. The van der Waals surface area contributed by atoms with E-state index < -0.39 is 0 Å². The number of nitrogens with zero attached hydrogens (tertiary/aromatic N) is 3. The number of aromatic nitrogens is 4. The minimum absolute atomic E-state index is 0.651. The molecule has 1 N–H and O–H groups in total. The van der Waals surface area contributed by atoms with E-state index in [1.807, 2.05) is 11.6 Å². The Bertz CT molecular complexity index is 936. The van der Waals surface area contributed by atoms with E-state index in [0.717, 1.165) is 30.6 Å². The number of aryl methyl sites for hydroxylation is 2. The van der Waals surface area contributed by atoms with Crippen LogP contribution < -0.4 is 0 Å². The van der Waals surface area contributed by atoms with Gasteiger partial charge in [0.1, 0.15) is 0 Å². The van der Waals surface area contributed by atoms with E-state index in [1.54, 1.807) is 0 Å². The summed E-state index contributed by atoms with van der Waals surface area (Å²) in [5, 5.41) is 8.59. The molecule has 0 unspecified atom stereocenters. The number of fused-ring (bicyclic) bond motifs is 2. The fraction of sp³-hybridized carbons (Fsp3) is 0.353. The van der Waals surface area contributed by atoms with Crippen LogP contribution in [0.5, 0.6) is 0 Å². The third-order valence-electron chi connectivity index (χ3n) is 4.59. The molecule has 0 aliphatic heterocycles. The first-order valence-corrected chi connectivity index (χ1v) is 8.16. The van der Waals surface area contributed by atoms with Crippen molar-refractivity contribution in [3.63, 3.8) is 0 Å². The van der Waals surface area contributed by atoms with Gasteiger partial charge in [-0.3, -0.25) is 10.1 Å². The predicted octanol–water partition coefficient (Wildman–Crippen LogP) is 3.74. The molecule has 5 heteroatoms. The first kappa shape index (κ1) is 13.6. The third-order valence-corrected chi connectivity index (χ3v) is 4.95. The van der Waals surface area contributed by atoms with Gasteiger partial charge >= 0.3 is 0 Å². The predicted molar refractivity (Wildman–Crippen MR) is 90.5 cm³/mol. The molecule has 1 aromatic carbocycles. The maximum atomic E-state index is 5.30. The quantitative estimate of drug-likeness (QED) is 0.733. The average molecular weight is 310 g/mol. The van der Waals surface area contributed by atoms with Gasteiger partial charge in [0.15, 0.2) is 10.6 Å². The fourth-order valence-corrected chi connectivity index (χ4v) is 3.49. The van der Waals surface area contributed by atoms with Gasteiger partial charge in [0, 0.05) is 23.7 Å². The Labute approximate surface area is 134 Å². The molecular weight excluding hydrogens is 292 g/mol. The molecule has 1 aliphatic rings. The number of H-pyrrole nitrogens is 1. The average Bonchev–Trinajstić information content (AvgIpc) is 3.12. The zero-order valence-corrected chi connectivity index (χ0v) is 13.6. The van der Waals surface area contributed by atoms with Crippen LogP contribution in [0.25, 0.3) is 22.3 Å². The highest BCUT2D eigenvalue weighted by Gasteiger charge is 2.23. The maximum absolute atomic E-state index is 5.30. The van der Waals surface area contributed by atoms with Crippen LogP contribution in [-0.4, -0.2) is 19.7 Å². The van der Waals surface area contributed by atoms with Gasteiger partial charge in [0.05, 0.1) is 5.52 Å². The van der Waals surface area contributed by atoms with Gasteiger partial charge in [0.2, 0.25) is 0 Å². The summed E-state index contributed by atoms with van der Waals surface area (Å²) in [6.07, 6.45) is 4.32. The SMILES string of the molecule is CCc1ccc2nc3c(c(-c4n[nH]c(=S)n4C)c2c1)CCC3. The van der Waals surface area contributed by atoms with Crippen molar-refractivity contribution in [1.82, 2.24) is 19.7 Å². The standard InChI is InChI=1S/C17H18N4S/c1-3-10-7-8-14-12(9-10)15(11-5-4-6-13(11)18-14)16-19-20-17(22)21(16)2/h7-9H,3-6H2,1-2H3,(H,20,22). The second kappa shape index (κ2) is 5.02. The summed E-state index contributed by atoms with van der Waals surface area (Å²) in [4.78, 5) is 4.88. The van der Waals surface area contributed by atoms with Crippen molar-refractivity contribution in [2.24, 2.45) is 7.05 Å². The minimum atomic E-state index is 0.651. The highest BCUT2D eigenvalue weighted by molar-refractivity contribution is 7.71. The van der Waals surface area contributed by atoms with Gasteiger partial charge in [-0.25, -0.2) is 0 Å². The fourth-order valence-electron chi connectivity index (χ4n) is 3.36. The summed E-state index contributed by atoms with van der Waals surface area (Å²) in [7, 11) is 1.97. The van der Waals surface area contributed by atoms with Crippen LogP contribution in [0.1, 0.15) is 30.2 Å². The lowest BCUT2D eigenvalue weighted by molar-refractivity contribution is 0.893. The minimum Gasteiger partial charge on any atom is -0.303 e. The van der Waals surface area contributed by atoms with Gasteiger partial charge in [-0.05, 0) is 61.2 Å². The summed E-state index contributed by atoms with van der Waals surface area (Å²) in [6.45, 7) is 2.18. The first-order chi connectivity index (χ1) is 10.7. The number of nitrogens with one attached hydrogen (secondary N) is 1. The summed E-state index contributed by atoms with van der Waals surface area (Å²) >= 11 is 5.30. The normalized spacial score (nSPS) is 13.7. The molecule has 4 nitrogen and oxygen atoms in total. The maximum Gasteiger partial charge on any atom is 0.195 e. The summed E-state index contributed by atoms with van der Waals surface area (Å²) < 4.78 is 2.61. The monoisotopic (exact) mass is 310 g/mol. The van der Waals surface area contributed by atoms with Crippen LogP contribution in [-0.2, 0) is 26.3 Å². The molecule has 112 valence electrons. The summed E-state index contributed by atoms with van der Waals surface area (Å²) in [6, 6.07) is 6.56. The molecule has 0 bridgehead atoms. The number of pyridine rings is 1. The smallest absolute Gasteiger partial charge is 0.195 e. The van der Waals surface area contributed by atoms with Gasteiger partial charge in [0.25, 0.3) is 0 Å². The number of hydrogen-bond donors (Lipinski definition) is 1. The molecule has 0 saturated heterocycles. The number of hydrogen-bond acceptors (Lipinski definition) is 3. The Morgan fingerprint density at radius 2 is 2.18 bits per heavy atom. The molecule has 0 fully saturated rings. The second-order valence-electron chi connectivity index (χ2n) is 5.88. The van der Waals surface area contributed by atoms with E-state index in [4.69, 9.17) is 17.2 Å². The van der Waals surface area contributed by atoms with Gasteiger partial charge < -0.3 is 4.57 Å². The van der Waals surface area contributed by atoms with Crippen molar-refractivity contribution >= 4 is 23.1 Å². The molecule has 2 heterocycles. The molecule has 0 atom stereocenters. The van der Waals surface area contributed by atoms with E-state index in [9.17, 15) is 0 Å². The van der Waals surface area contributed by atoms with E-state index in [1.165, 1.54) is 34.2 Å². The van der Waals surface area contributed by atoms with Crippen LogP contribution in [0, 0.1) is 4.77 Å². The van der Waals surface area contributed by atoms with Crippen LogP contribution in [0.15, 0.2) is 18.2 Å². The zero-order chi connectivity index (χ0) is 15.3. The highest BCUT2D eigenvalue weighted by Crippen LogP contribution is 2.36. The third kappa shape index (κ3) is 1.92. The number of rotatable bonds is 2. The Kier molecular flexibility index (Phi) is 3.11. The number of aromatic amines is 1. The Morgan fingerprint density at radius 3 is 2.91 bits per heavy atom. The van der Waals surface area contributed by atoms with Crippen LogP contribution in [0.2, 0.25) is 0 Å². The van der Waals surface area contributed by atoms with Crippen LogP contribution >= 0.6 is 12.2 Å². The Balaban J connectivity index is 2.14. The van der Waals surface area contributed by atoms with Crippen molar-refractivity contribution in [3.8, 4) is 11.4 Å². The largest absolute Gasteiger partial charge is 0.303 e. The Morgan fingerprint density at radius 1 is 1.32 bits per heavy atom. The molecule has 22 heavy (non-hydrogen) atoms. The lowest BCUT2D eigenvalue weighted by atomic mass is 9.98. The topological polar surface area (TPSA) is 46.5 Å². The molecule has 3 aromatic rings. The molecule has 0 radical (unpaired) electrons. The molecular formula is C17H18N4S. The molecule has 0 spiro atoms. The summed E-state index contributed by atoms with van der Waals surface area (Å²) in [5.74, 6) is 0.920. The van der Waals surface area contributed by atoms with Crippen LogP contribution in [0.3, 0.4) is 0 Å². The van der Waals surface area contributed by atoms with Crippen LogP contribution in [0.4, 0.5) is 0 Å². The molecule has 0 saturated carbocycles. The van der Waals surface area contributed by atoms with Gasteiger partial charge in [-0.15, -0.1) is 0 Å². The first-order valence-electron chi connectivity index (χ1n) is 7.75. The molecule has 2 aromatic heterocycles. The Hall–Kier alpha value is -2.01. The molecule has 1 aliphatic carbocycles. The van der Waals surface area contributed by atoms with E-state index in [-0.39, 0.29) is 0 Å². The summed E-state index contributed by atoms with van der Waals surface area (Å²) in [5.41, 5.74) is 6.16. The van der Waals surface area contributed by atoms with E-state index >= 15 is 0 Å².